The smallest absolute Gasteiger partial charge is 0.461 e. The molecular formula is C66H99O11P. The molecule has 0 saturated heterocycles. The van der Waals surface area contributed by atoms with Gasteiger partial charge in [0.25, 0.3) is 0 Å². The van der Waals surface area contributed by atoms with Crippen molar-refractivity contribution < 1.29 is 52.2 Å². The fourth-order valence-corrected chi connectivity index (χ4v) is 7.39. The molecule has 0 aromatic rings. The number of esters is 3. The number of aliphatic hydroxyl groups excluding tert-OH is 1. The third-order valence-electron chi connectivity index (χ3n) is 10.8. The molecule has 11 nitrogen and oxygen atoms in total. The quantitative estimate of drug-likeness (QED) is 0.0197. The molecule has 78 heavy (non-hydrogen) atoms. The van der Waals surface area contributed by atoms with Crippen molar-refractivity contribution in [2.45, 2.75) is 187 Å². The third kappa shape index (κ3) is 55.3. The van der Waals surface area contributed by atoms with Crippen molar-refractivity contribution in [3.8, 4) is 0 Å². The van der Waals surface area contributed by atoms with E-state index in [-0.39, 0.29) is 19.3 Å². The van der Waals surface area contributed by atoms with Crippen molar-refractivity contribution in [3.63, 3.8) is 0 Å². The topological polar surface area (TPSA) is 155 Å². The lowest BCUT2D eigenvalue weighted by Gasteiger charge is -2.21. The fraction of sp³-hybridized carbons (Fsp3) is 0.500. The van der Waals surface area contributed by atoms with Gasteiger partial charge >= 0.3 is 25.7 Å². The number of phosphoric ester groups is 1. The third-order valence-corrected chi connectivity index (χ3v) is 11.8. The SMILES string of the molecule is CC/C=C\C/C=C\C/C=C\C/C=C\C/C=C\CCCCCC(=O)OC(COC(=O)C/C=C\C/C=C\C/C=C\C/C=C\C/C=C\CC)COP(=O)(O)OCC(CO)OC(=O)CCC/C=C\C/C=C\C/C=C\C/C=C\C/C=C\CC. The van der Waals surface area contributed by atoms with Gasteiger partial charge in [-0.05, 0) is 128 Å². The average molecular weight is 1100 g/mol. The van der Waals surface area contributed by atoms with Gasteiger partial charge in [-0.25, -0.2) is 4.57 Å². The van der Waals surface area contributed by atoms with Crippen molar-refractivity contribution in [2.24, 2.45) is 0 Å². The van der Waals surface area contributed by atoms with Crippen LogP contribution in [-0.2, 0) is 42.2 Å². The van der Waals surface area contributed by atoms with Gasteiger partial charge in [0, 0.05) is 12.8 Å². The molecule has 12 heteroatoms. The molecule has 0 aromatic heterocycles. The van der Waals surface area contributed by atoms with Crippen LogP contribution in [0, 0.1) is 0 Å². The van der Waals surface area contributed by atoms with E-state index in [0.29, 0.717) is 25.7 Å². The summed E-state index contributed by atoms with van der Waals surface area (Å²) < 4.78 is 39.3. The van der Waals surface area contributed by atoms with Crippen molar-refractivity contribution in [1.82, 2.24) is 0 Å². The molecule has 0 aliphatic carbocycles. The van der Waals surface area contributed by atoms with Crippen molar-refractivity contribution in [1.29, 1.82) is 0 Å². The van der Waals surface area contributed by atoms with E-state index in [1.165, 1.54) is 0 Å². The van der Waals surface area contributed by atoms with Gasteiger partial charge in [-0.2, -0.15) is 0 Å². The van der Waals surface area contributed by atoms with Crippen LogP contribution in [0.4, 0.5) is 0 Å². The molecule has 3 unspecified atom stereocenters. The number of carbonyl (C=O) groups is 3. The minimum Gasteiger partial charge on any atom is -0.461 e. The lowest BCUT2D eigenvalue weighted by Crippen LogP contribution is -2.30. The van der Waals surface area contributed by atoms with Crippen molar-refractivity contribution >= 4 is 25.7 Å². The minimum absolute atomic E-state index is 0.0286. The summed E-state index contributed by atoms with van der Waals surface area (Å²) in [5.41, 5.74) is 0. The van der Waals surface area contributed by atoms with E-state index < -0.39 is 64.4 Å². The number of ether oxygens (including phenoxy) is 3. The predicted octanol–water partition coefficient (Wildman–Crippen LogP) is 17.2. The summed E-state index contributed by atoms with van der Waals surface area (Å²) in [5, 5.41) is 9.81. The molecule has 0 radical (unpaired) electrons. The Kier molecular flexibility index (Phi) is 53.7. The normalized spacial score (nSPS) is 14.7. The van der Waals surface area contributed by atoms with Gasteiger partial charge in [0.05, 0.1) is 26.2 Å². The van der Waals surface area contributed by atoms with E-state index >= 15 is 0 Å². The first kappa shape index (κ1) is 72.6. The Labute approximate surface area is 471 Å². The van der Waals surface area contributed by atoms with Crippen LogP contribution in [0.25, 0.3) is 0 Å². The first-order valence-corrected chi connectivity index (χ1v) is 30.2. The van der Waals surface area contributed by atoms with E-state index in [1.807, 2.05) is 24.3 Å². The number of unbranched alkanes of at least 4 members (excludes halogenated alkanes) is 4. The van der Waals surface area contributed by atoms with Crippen molar-refractivity contribution in [3.05, 3.63) is 182 Å². The summed E-state index contributed by atoms with van der Waals surface area (Å²) >= 11 is 0. The number of rotatable bonds is 50. The molecule has 0 heterocycles. The van der Waals surface area contributed by atoms with E-state index in [4.69, 9.17) is 23.3 Å². The summed E-state index contributed by atoms with van der Waals surface area (Å²) in [6.07, 6.45) is 78.9. The van der Waals surface area contributed by atoms with Gasteiger partial charge in [-0.3, -0.25) is 23.4 Å². The Morgan fingerprint density at radius 1 is 0.372 bits per heavy atom. The van der Waals surface area contributed by atoms with Crippen LogP contribution in [0.15, 0.2) is 182 Å². The first-order valence-electron chi connectivity index (χ1n) is 28.7. The maximum absolute atomic E-state index is 12.9. The summed E-state index contributed by atoms with van der Waals surface area (Å²) in [6, 6.07) is 0. The second-order valence-electron chi connectivity index (χ2n) is 18.0. The van der Waals surface area contributed by atoms with Gasteiger partial charge in [0.15, 0.2) is 6.10 Å². The number of hydrogen-bond donors (Lipinski definition) is 2. The maximum atomic E-state index is 12.9. The van der Waals surface area contributed by atoms with Crippen LogP contribution in [0.5, 0.6) is 0 Å². The lowest BCUT2D eigenvalue weighted by atomic mass is 10.1. The summed E-state index contributed by atoms with van der Waals surface area (Å²) in [6.45, 7) is 4.05. The number of aliphatic hydroxyl groups is 1. The molecule has 0 rings (SSSR count). The molecule has 0 aromatic carbocycles. The van der Waals surface area contributed by atoms with E-state index in [1.54, 1.807) is 6.08 Å². The molecule has 2 N–H and O–H groups in total. The van der Waals surface area contributed by atoms with Crippen LogP contribution in [0.3, 0.4) is 0 Å². The molecule has 434 valence electrons. The molecule has 0 saturated carbocycles. The highest BCUT2D eigenvalue weighted by Gasteiger charge is 2.28. The van der Waals surface area contributed by atoms with Crippen LogP contribution in [0.2, 0.25) is 0 Å². The summed E-state index contributed by atoms with van der Waals surface area (Å²) in [4.78, 5) is 48.5. The highest BCUT2D eigenvalue weighted by Crippen LogP contribution is 2.43. The van der Waals surface area contributed by atoms with E-state index in [2.05, 4.69) is 173 Å². The van der Waals surface area contributed by atoms with Crippen LogP contribution in [0.1, 0.15) is 175 Å². The van der Waals surface area contributed by atoms with Crippen LogP contribution >= 0.6 is 7.82 Å². The van der Waals surface area contributed by atoms with Gasteiger partial charge < -0.3 is 24.2 Å². The summed E-state index contributed by atoms with van der Waals surface area (Å²) in [5.74, 6) is -1.75. The highest BCUT2D eigenvalue weighted by molar-refractivity contribution is 7.47. The van der Waals surface area contributed by atoms with Gasteiger partial charge in [-0.1, -0.05) is 209 Å². The zero-order valence-corrected chi connectivity index (χ0v) is 48.7. The minimum atomic E-state index is -4.81. The largest absolute Gasteiger partial charge is 0.472 e. The van der Waals surface area contributed by atoms with Gasteiger partial charge in [0.1, 0.15) is 12.7 Å². The Balaban J connectivity index is 4.97. The second-order valence-corrected chi connectivity index (χ2v) is 19.4. The Morgan fingerprint density at radius 2 is 0.679 bits per heavy atom. The Hall–Kier alpha value is -5.42. The zero-order valence-electron chi connectivity index (χ0n) is 47.8. The molecule has 0 spiro atoms. The van der Waals surface area contributed by atoms with Gasteiger partial charge in [0.2, 0.25) is 0 Å². The Morgan fingerprint density at radius 3 is 1.05 bits per heavy atom. The summed E-state index contributed by atoms with van der Waals surface area (Å²) in [7, 11) is -4.81. The number of phosphoric acid groups is 1. The molecule has 3 atom stereocenters. The molecule has 0 bridgehead atoms. The first-order chi connectivity index (χ1) is 38.2. The molecule has 0 fully saturated rings. The molecular weight excluding hydrogens is 1000 g/mol. The fourth-order valence-electron chi connectivity index (χ4n) is 6.61. The van der Waals surface area contributed by atoms with Crippen LogP contribution < -0.4 is 0 Å². The van der Waals surface area contributed by atoms with E-state index in [9.17, 15) is 28.9 Å². The molecule has 0 aliphatic heterocycles. The lowest BCUT2D eigenvalue weighted by molar-refractivity contribution is -0.161. The van der Waals surface area contributed by atoms with Crippen molar-refractivity contribution in [2.75, 3.05) is 26.4 Å². The number of hydrogen-bond acceptors (Lipinski definition) is 10. The van der Waals surface area contributed by atoms with Crippen LogP contribution in [-0.4, -0.2) is 66.5 Å². The second kappa shape index (κ2) is 57.7. The average Bonchev–Trinajstić information content (AvgIpc) is 3.43. The molecule has 0 amide bonds. The molecule has 0 aliphatic rings. The highest BCUT2D eigenvalue weighted by atomic mass is 31.2. The maximum Gasteiger partial charge on any atom is 0.472 e. The zero-order chi connectivity index (χ0) is 56.9. The predicted molar refractivity (Wildman–Crippen MR) is 324 cm³/mol. The van der Waals surface area contributed by atoms with E-state index in [0.717, 1.165) is 109 Å². The number of allylic oxidation sites excluding steroid dienone is 29. The van der Waals surface area contributed by atoms with Gasteiger partial charge in [-0.15, -0.1) is 0 Å². The Bertz CT molecular complexity index is 2010. The monoisotopic (exact) mass is 1100 g/mol. The number of carbonyl (C=O) groups excluding carboxylic acids is 3. The standard InChI is InChI=1S/C66H99O11P/c1-4-7-10-13-16-19-22-25-28-30-31-33-36-39-42-45-48-51-54-57-66(70)77-63(59-73-64(68)55-52-49-46-43-40-37-34-27-24-21-18-15-12-9-6-3)61-75-78(71,72)74-60-62(58-67)76-65(69)56-53-50-47-44-41-38-35-32-29-26-23-20-17-14-11-8-5-2/h7-12,16-21,25-29,31,33-35,38-40,42-44,47,49,52,62-63,67H,4-6,13-15,22-24,30,32,36-37,41,45-46,48,50-51,53-61H2,1-3H3,(H,71,72)/b10-7-,11-8-,12-9-,19-16-,20-17-,21-18-,28-25-,29-26-,33-31-,34-27-,38-35-,42-39-,43-40-,47-44-,52-49-.